The summed E-state index contributed by atoms with van der Waals surface area (Å²) < 4.78 is 0. The summed E-state index contributed by atoms with van der Waals surface area (Å²) in [4.78, 5) is 0. The Balaban J connectivity index is 2.25. The van der Waals surface area contributed by atoms with Gasteiger partial charge in [0.15, 0.2) is 0 Å². The molecule has 0 spiro atoms. The van der Waals surface area contributed by atoms with Crippen molar-refractivity contribution in [1.29, 1.82) is 0 Å². The summed E-state index contributed by atoms with van der Waals surface area (Å²) in [7, 11) is 0. The van der Waals surface area contributed by atoms with Crippen LogP contribution in [0.4, 0.5) is 0 Å². The second-order valence-electron chi connectivity index (χ2n) is 5.26. The monoisotopic (exact) mass is 222 g/mol. The number of thioether (sulfide) groups is 1. The van der Waals surface area contributed by atoms with Crippen molar-refractivity contribution >= 4 is 11.8 Å². The molecule has 0 radical (unpaired) electrons. The minimum absolute atomic E-state index is 0.825. The average Bonchev–Trinajstić information content (AvgIpc) is 2.51. The molecule has 4 atom stereocenters. The second-order valence-corrected chi connectivity index (χ2v) is 6.17. The third-order valence-corrected chi connectivity index (χ3v) is 5.09. The molecule has 1 heteroatoms. The Labute approximate surface area is 98.2 Å². The molecule has 2 aliphatic rings. The Morgan fingerprint density at radius 1 is 1.40 bits per heavy atom. The van der Waals surface area contributed by atoms with Crippen molar-refractivity contribution in [2.45, 2.75) is 27.2 Å². The summed E-state index contributed by atoms with van der Waals surface area (Å²) >= 11 is 2.01. The molecule has 15 heavy (non-hydrogen) atoms. The Morgan fingerprint density at radius 3 is 2.80 bits per heavy atom. The highest BCUT2D eigenvalue weighted by atomic mass is 32.2. The Morgan fingerprint density at radius 2 is 2.13 bits per heavy atom. The minimum atomic E-state index is 0.825. The van der Waals surface area contributed by atoms with Gasteiger partial charge in [0.05, 0.1) is 0 Å². The first-order valence-electron chi connectivity index (χ1n) is 5.99. The van der Waals surface area contributed by atoms with Crippen LogP contribution in [0.2, 0.25) is 0 Å². The molecule has 1 saturated carbocycles. The third kappa shape index (κ3) is 1.91. The molecule has 0 aromatic rings. The fourth-order valence-corrected chi connectivity index (χ4v) is 4.21. The first-order chi connectivity index (χ1) is 7.15. The van der Waals surface area contributed by atoms with E-state index in [1.165, 1.54) is 17.7 Å². The van der Waals surface area contributed by atoms with E-state index in [2.05, 4.69) is 39.2 Å². The molecule has 84 valence electrons. The van der Waals surface area contributed by atoms with Crippen molar-refractivity contribution < 1.29 is 0 Å². The molecular weight excluding hydrogens is 200 g/mol. The predicted molar refractivity (Wildman–Crippen MR) is 70.1 cm³/mol. The number of hydrogen-bond acceptors (Lipinski definition) is 1. The molecule has 0 nitrogen and oxygen atoms in total. The second kappa shape index (κ2) is 4.37. The Kier molecular flexibility index (Phi) is 3.30. The summed E-state index contributed by atoms with van der Waals surface area (Å²) in [6, 6.07) is 0. The van der Waals surface area contributed by atoms with Crippen molar-refractivity contribution in [3.63, 3.8) is 0 Å². The topological polar surface area (TPSA) is 0 Å². The lowest BCUT2D eigenvalue weighted by Crippen LogP contribution is -2.21. The fourth-order valence-electron chi connectivity index (χ4n) is 3.44. The Hall–Kier alpha value is -0.170. The molecule has 0 bridgehead atoms. The van der Waals surface area contributed by atoms with E-state index in [1.54, 1.807) is 5.57 Å². The van der Waals surface area contributed by atoms with E-state index in [1.807, 2.05) is 11.8 Å². The van der Waals surface area contributed by atoms with Crippen molar-refractivity contribution in [3.05, 3.63) is 23.3 Å². The largest absolute Gasteiger partial charge is 0.165 e. The van der Waals surface area contributed by atoms with Crippen molar-refractivity contribution in [1.82, 2.24) is 0 Å². The zero-order chi connectivity index (χ0) is 11.0. The van der Waals surface area contributed by atoms with Crippen molar-refractivity contribution in [2.75, 3.05) is 12.0 Å². The van der Waals surface area contributed by atoms with Crippen LogP contribution in [-0.2, 0) is 0 Å². The molecule has 0 aliphatic heterocycles. The molecule has 0 amide bonds. The predicted octanol–water partition coefficient (Wildman–Crippen LogP) is 4.14. The van der Waals surface area contributed by atoms with Gasteiger partial charge in [-0.15, -0.1) is 0 Å². The SMILES string of the molecule is CSCC1CC(C)C2C=CC(C)=C(C)C12. The molecule has 0 saturated heterocycles. The minimum Gasteiger partial charge on any atom is -0.165 e. The van der Waals surface area contributed by atoms with Gasteiger partial charge in [0.25, 0.3) is 0 Å². The quantitative estimate of drug-likeness (QED) is 0.676. The van der Waals surface area contributed by atoms with Crippen LogP contribution in [0, 0.1) is 23.7 Å². The molecule has 0 N–H and O–H groups in total. The van der Waals surface area contributed by atoms with Gasteiger partial charge in [-0.25, -0.2) is 0 Å². The van der Waals surface area contributed by atoms with Gasteiger partial charge in [-0.3, -0.25) is 0 Å². The van der Waals surface area contributed by atoms with Crippen LogP contribution in [0.5, 0.6) is 0 Å². The van der Waals surface area contributed by atoms with Crippen molar-refractivity contribution in [3.8, 4) is 0 Å². The van der Waals surface area contributed by atoms with Gasteiger partial charge in [0.2, 0.25) is 0 Å². The van der Waals surface area contributed by atoms with Gasteiger partial charge in [-0.1, -0.05) is 30.2 Å². The van der Waals surface area contributed by atoms with Gasteiger partial charge in [-0.05, 0) is 55.9 Å². The van der Waals surface area contributed by atoms with E-state index in [-0.39, 0.29) is 0 Å². The first-order valence-corrected chi connectivity index (χ1v) is 7.39. The highest BCUT2D eigenvalue weighted by Crippen LogP contribution is 2.49. The Bertz CT molecular complexity index is 300. The summed E-state index contributed by atoms with van der Waals surface area (Å²) in [5.41, 5.74) is 3.17. The van der Waals surface area contributed by atoms with Crippen LogP contribution < -0.4 is 0 Å². The fraction of sp³-hybridized carbons (Fsp3) is 0.714. The standard InChI is InChI=1S/C14H22S/c1-9-5-6-13-10(2)7-12(8-15-4)14(13)11(9)3/h5-6,10,12-14H,7-8H2,1-4H3. The molecule has 4 unspecified atom stereocenters. The molecule has 0 aromatic carbocycles. The lowest BCUT2D eigenvalue weighted by Gasteiger charge is -2.29. The number of allylic oxidation sites excluding steroid dienone is 4. The van der Waals surface area contributed by atoms with Crippen LogP contribution in [-0.4, -0.2) is 12.0 Å². The highest BCUT2D eigenvalue weighted by molar-refractivity contribution is 7.98. The highest BCUT2D eigenvalue weighted by Gasteiger charge is 2.41. The maximum atomic E-state index is 2.47. The lowest BCUT2D eigenvalue weighted by molar-refractivity contribution is 0.406. The molecular formula is C14H22S. The average molecular weight is 222 g/mol. The number of fused-ring (bicyclic) bond motifs is 1. The van der Waals surface area contributed by atoms with E-state index in [0.717, 1.165) is 23.7 Å². The van der Waals surface area contributed by atoms with E-state index in [9.17, 15) is 0 Å². The lowest BCUT2D eigenvalue weighted by atomic mass is 9.77. The summed E-state index contributed by atoms with van der Waals surface area (Å²) in [6.07, 6.45) is 8.47. The molecule has 2 aliphatic carbocycles. The maximum Gasteiger partial charge on any atom is -0.00359 e. The number of hydrogen-bond donors (Lipinski definition) is 0. The zero-order valence-electron chi connectivity index (χ0n) is 10.3. The van der Waals surface area contributed by atoms with E-state index < -0.39 is 0 Å². The van der Waals surface area contributed by atoms with Gasteiger partial charge in [0.1, 0.15) is 0 Å². The van der Waals surface area contributed by atoms with Crippen LogP contribution in [0.15, 0.2) is 23.3 Å². The summed E-state index contributed by atoms with van der Waals surface area (Å²) in [5, 5.41) is 0. The molecule has 1 fully saturated rings. The van der Waals surface area contributed by atoms with Gasteiger partial charge < -0.3 is 0 Å². The van der Waals surface area contributed by atoms with Crippen molar-refractivity contribution in [2.24, 2.45) is 23.7 Å². The first kappa shape index (κ1) is 11.3. The summed E-state index contributed by atoms with van der Waals surface area (Å²) in [5.74, 6) is 4.80. The van der Waals surface area contributed by atoms with E-state index >= 15 is 0 Å². The normalized spacial score (nSPS) is 39.7. The number of rotatable bonds is 2. The molecule has 2 rings (SSSR count). The van der Waals surface area contributed by atoms with Crippen LogP contribution >= 0.6 is 11.8 Å². The van der Waals surface area contributed by atoms with Crippen LogP contribution in [0.25, 0.3) is 0 Å². The zero-order valence-corrected chi connectivity index (χ0v) is 11.1. The molecule has 0 aromatic heterocycles. The van der Waals surface area contributed by atoms with Gasteiger partial charge in [-0.2, -0.15) is 11.8 Å². The van der Waals surface area contributed by atoms with Gasteiger partial charge in [0, 0.05) is 0 Å². The van der Waals surface area contributed by atoms with E-state index in [0.29, 0.717) is 0 Å². The van der Waals surface area contributed by atoms with E-state index in [4.69, 9.17) is 0 Å². The molecule has 0 heterocycles. The maximum absolute atomic E-state index is 2.47. The van der Waals surface area contributed by atoms with Gasteiger partial charge >= 0.3 is 0 Å². The van der Waals surface area contributed by atoms with Crippen LogP contribution in [0.1, 0.15) is 27.2 Å². The summed E-state index contributed by atoms with van der Waals surface area (Å²) in [6.45, 7) is 7.04. The third-order valence-electron chi connectivity index (χ3n) is 4.33. The smallest absolute Gasteiger partial charge is 0.00359 e. The van der Waals surface area contributed by atoms with Crippen LogP contribution in [0.3, 0.4) is 0 Å².